The van der Waals surface area contributed by atoms with Crippen LogP contribution in [0.4, 0.5) is 17.1 Å². The number of anilines is 3. The second-order valence-electron chi connectivity index (χ2n) is 7.08. The van der Waals surface area contributed by atoms with Crippen LogP contribution in [0.3, 0.4) is 0 Å². The van der Waals surface area contributed by atoms with Gasteiger partial charge in [0, 0.05) is 23.6 Å². The fraction of sp³-hybridized carbons (Fsp3) is 0.0741. The molecular formula is C27H24N2O2. The maximum atomic E-state index is 11.2. The molecule has 0 heterocycles. The van der Waals surface area contributed by atoms with E-state index < -0.39 is 0 Å². The topological polar surface area (TPSA) is 41.6 Å². The molecule has 0 amide bonds. The first-order chi connectivity index (χ1) is 15.3. The number of carbonyl (C=O) groups is 1. The van der Waals surface area contributed by atoms with E-state index in [4.69, 9.17) is 4.74 Å². The highest BCUT2D eigenvalue weighted by molar-refractivity contribution is 5.72. The molecule has 154 valence electrons. The minimum absolute atomic E-state index is 0.311. The quantitative estimate of drug-likeness (QED) is 0.324. The molecule has 0 radical (unpaired) electrons. The van der Waals surface area contributed by atoms with Crippen LogP contribution in [0.25, 0.3) is 0 Å². The lowest BCUT2D eigenvalue weighted by Gasteiger charge is -2.23. The average molecular weight is 409 g/mol. The van der Waals surface area contributed by atoms with Gasteiger partial charge in [-0.2, -0.15) is 0 Å². The summed E-state index contributed by atoms with van der Waals surface area (Å²) < 4.78 is 5.92. The van der Waals surface area contributed by atoms with Gasteiger partial charge in [0.15, 0.2) is 0 Å². The van der Waals surface area contributed by atoms with Gasteiger partial charge in [0.05, 0.1) is 6.54 Å². The number of nitrogens with zero attached hydrogens (tertiary/aromatic N) is 1. The Kier molecular flexibility index (Phi) is 6.61. The van der Waals surface area contributed by atoms with Crippen molar-refractivity contribution in [2.24, 2.45) is 0 Å². The van der Waals surface area contributed by atoms with Gasteiger partial charge in [-0.05, 0) is 66.2 Å². The second-order valence-corrected chi connectivity index (χ2v) is 7.08. The Hall–Kier alpha value is -4.05. The highest BCUT2D eigenvalue weighted by Gasteiger charge is 2.08. The van der Waals surface area contributed by atoms with Gasteiger partial charge in [-0.1, -0.05) is 48.5 Å². The number of para-hydroxylation sites is 2. The van der Waals surface area contributed by atoms with Crippen molar-refractivity contribution in [3.05, 3.63) is 115 Å². The number of hydrogen-bond donors (Lipinski definition) is 1. The van der Waals surface area contributed by atoms with Crippen molar-refractivity contribution >= 4 is 23.3 Å². The van der Waals surface area contributed by atoms with E-state index in [1.165, 1.54) is 0 Å². The summed E-state index contributed by atoms with van der Waals surface area (Å²) in [7, 11) is 0. The summed E-state index contributed by atoms with van der Waals surface area (Å²) in [4.78, 5) is 13.2. The highest BCUT2D eigenvalue weighted by atomic mass is 16.5. The maximum absolute atomic E-state index is 11.2. The normalized spacial score (nSPS) is 10.3. The number of hydrogen-bond acceptors (Lipinski definition) is 4. The van der Waals surface area contributed by atoms with Crippen molar-refractivity contribution in [1.82, 2.24) is 0 Å². The second kappa shape index (κ2) is 10.1. The molecule has 0 saturated heterocycles. The van der Waals surface area contributed by atoms with E-state index >= 15 is 0 Å². The van der Waals surface area contributed by atoms with Gasteiger partial charge < -0.3 is 19.7 Å². The first kappa shape index (κ1) is 20.2. The summed E-state index contributed by atoms with van der Waals surface area (Å²) in [5.74, 6) is 1.63. The minimum Gasteiger partial charge on any atom is -0.457 e. The smallest absolute Gasteiger partial charge is 0.139 e. The molecule has 4 heteroatoms. The van der Waals surface area contributed by atoms with Crippen LogP contribution >= 0.6 is 0 Å². The molecule has 0 aromatic heterocycles. The van der Waals surface area contributed by atoms with Gasteiger partial charge in [0.1, 0.15) is 17.8 Å². The molecule has 0 spiro atoms. The number of carbonyl (C=O) groups excluding carboxylic acids is 1. The van der Waals surface area contributed by atoms with Gasteiger partial charge >= 0.3 is 0 Å². The number of aldehydes is 1. The SMILES string of the molecule is O=CCN(c1ccccc1)c1ccc(NCc2cccc(Oc3ccccc3)c2)cc1. The van der Waals surface area contributed by atoms with E-state index in [0.717, 1.165) is 40.4 Å². The van der Waals surface area contributed by atoms with Crippen LogP contribution in [-0.4, -0.2) is 12.8 Å². The monoisotopic (exact) mass is 408 g/mol. The Morgan fingerprint density at radius 1 is 0.710 bits per heavy atom. The molecule has 0 aliphatic carbocycles. The Labute approximate surface area is 182 Å². The van der Waals surface area contributed by atoms with Gasteiger partial charge in [-0.25, -0.2) is 0 Å². The van der Waals surface area contributed by atoms with Crippen molar-refractivity contribution in [2.45, 2.75) is 6.54 Å². The van der Waals surface area contributed by atoms with Crippen molar-refractivity contribution < 1.29 is 9.53 Å². The molecule has 4 aromatic carbocycles. The Morgan fingerprint density at radius 3 is 2.06 bits per heavy atom. The molecule has 0 aliphatic rings. The van der Waals surface area contributed by atoms with E-state index in [1.54, 1.807) is 0 Å². The van der Waals surface area contributed by atoms with Crippen LogP contribution < -0.4 is 15.0 Å². The molecule has 4 aromatic rings. The predicted octanol–water partition coefficient (Wildman–Crippen LogP) is 6.43. The Morgan fingerprint density at radius 2 is 1.35 bits per heavy atom. The third-order valence-corrected chi connectivity index (χ3v) is 4.88. The minimum atomic E-state index is 0.311. The molecule has 0 aliphatic heterocycles. The summed E-state index contributed by atoms with van der Waals surface area (Å²) in [5, 5.41) is 3.45. The van der Waals surface area contributed by atoms with Crippen LogP contribution in [-0.2, 0) is 11.3 Å². The van der Waals surface area contributed by atoms with Crippen LogP contribution in [0.15, 0.2) is 109 Å². The largest absolute Gasteiger partial charge is 0.457 e. The van der Waals surface area contributed by atoms with E-state index in [2.05, 4.69) is 11.4 Å². The van der Waals surface area contributed by atoms with Crippen molar-refractivity contribution in [2.75, 3.05) is 16.8 Å². The molecule has 0 bridgehead atoms. The van der Waals surface area contributed by atoms with Crippen molar-refractivity contribution in [1.29, 1.82) is 0 Å². The number of rotatable bonds is 9. The average Bonchev–Trinajstić information content (AvgIpc) is 2.83. The highest BCUT2D eigenvalue weighted by Crippen LogP contribution is 2.26. The van der Waals surface area contributed by atoms with E-state index in [9.17, 15) is 4.79 Å². The molecule has 0 saturated carbocycles. The summed E-state index contributed by atoms with van der Waals surface area (Å²) in [6.45, 7) is 0.993. The fourth-order valence-electron chi connectivity index (χ4n) is 3.35. The zero-order valence-corrected chi connectivity index (χ0v) is 17.1. The molecule has 1 N–H and O–H groups in total. The number of nitrogens with one attached hydrogen (secondary N) is 1. The van der Waals surface area contributed by atoms with E-state index in [0.29, 0.717) is 13.1 Å². The van der Waals surface area contributed by atoms with E-state index in [1.807, 2.05) is 108 Å². The molecule has 0 atom stereocenters. The van der Waals surface area contributed by atoms with Crippen LogP contribution in [0, 0.1) is 0 Å². The summed E-state index contributed by atoms with van der Waals surface area (Å²) >= 11 is 0. The molecule has 31 heavy (non-hydrogen) atoms. The number of ether oxygens (including phenoxy) is 1. The lowest BCUT2D eigenvalue weighted by Crippen LogP contribution is -2.19. The summed E-state index contributed by atoms with van der Waals surface area (Å²) in [5.41, 5.74) is 4.11. The lowest BCUT2D eigenvalue weighted by atomic mass is 10.2. The van der Waals surface area contributed by atoms with Crippen LogP contribution in [0.5, 0.6) is 11.5 Å². The molecule has 0 fully saturated rings. The zero-order valence-electron chi connectivity index (χ0n) is 17.1. The third kappa shape index (κ3) is 5.52. The maximum Gasteiger partial charge on any atom is 0.139 e. The van der Waals surface area contributed by atoms with Gasteiger partial charge in [0.25, 0.3) is 0 Å². The Bertz CT molecular complexity index is 1100. The molecule has 0 unspecified atom stereocenters. The van der Waals surface area contributed by atoms with Crippen LogP contribution in [0.1, 0.15) is 5.56 Å². The number of benzene rings is 4. The van der Waals surface area contributed by atoms with Crippen LogP contribution in [0.2, 0.25) is 0 Å². The van der Waals surface area contributed by atoms with Gasteiger partial charge in [0.2, 0.25) is 0 Å². The van der Waals surface area contributed by atoms with Crippen molar-refractivity contribution in [3.8, 4) is 11.5 Å². The van der Waals surface area contributed by atoms with Gasteiger partial charge in [-0.3, -0.25) is 0 Å². The molecule has 4 rings (SSSR count). The van der Waals surface area contributed by atoms with Gasteiger partial charge in [-0.15, -0.1) is 0 Å². The van der Waals surface area contributed by atoms with E-state index in [-0.39, 0.29) is 0 Å². The first-order valence-corrected chi connectivity index (χ1v) is 10.2. The lowest BCUT2D eigenvalue weighted by molar-refractivity contribution is -0.106. The molecular weight excluding hydrogens is 384 g/mol. The predicted molar refractivity (Wildman–Crippen MR) is 126 cm³/mol. The van der Waals surface area contributed by atoms with Crippen molar-refractivity contribution in [3.63, 3.8) is 0 Å². The first-order valence-electron chi connectivity index (χ1n) is 10.2. The summed E-state index contributed by atoms with van der Waals surface area (Å²) in [6.07, 6.45) is 0.920. The zero-order chi connectivity index (χ0) is 21.3. The summed E-state index contributed by atoms with van der Waals surface area (Å²) in [6, 6.07) is 35.8. The Balaban J connectivity index is 1.40. The standard InChI is InChI=1S/C27H24N2O2/c30-19-18-29(24-9-3-1-4-10-24)25-16-14-23(15-17-25)28-21-22-8-7-13-27(20-22)31-26-11-5-2-6-12-26/h1-17,19-20,28H,18,21H2. The molecule has 4 nitrogen and oxygen atoms in total. The fourth-order valence-corrected chi connectivity index (χ4v) is 3.35. The third-order valence-electron chi connectivity index (χ3n) is 4.88.